The molecule has 1 rings (SSSR count). The molecule has 1 heterocycles. The van der Waals surface area contributed by atoms with Gasteiger partial charge in [-0.3, -0.25) is 0 Å². The smallest absolute Gasteiger partial charge is 0.150 e. The minimum Gasteiger partial charge on any atom is -0.397 e. The Bertz CT molecular complexity index is 139. The van der Waals surface area contributed by atoms with Gasteiger partial charge in [0.2, 0.25) is 0 Å². The fraction of sp³-hybridized carbons (Fsp3) is 0.500. The Labute approximate surface area is 52.6 Å². The molecule has 0 amide bonds. The van der Waals surface area contributed by atoms with Crippen LogP contribution in [0.15, 0.2) is 11.4 Å². The Morgan fingerprint density at radius 2 is 1.33 bits per heavy atom. The van der Waals surface area contributed by atoms with Crippen molar-refractivity contribution in [2.24, 2.45) is 22.9 Å². The van der Waals surface area contributed by atoms with Crippen LogP contribution in [0.3, 0.4) is 0 Å². The number of ether oxygens (including phenoxy) is 1. The number of nitrogens with two attached hydrogens (primary N) is 4. The molecule has 0 fully saturated rings. The highest BCUT2D eigenvalue weighted by atomic mass is 16.5. The molecule has 0 aromatic carbocycles. The average molecular weight is 130 g/mol. The summed E-state index contributed by atoms with van der Waals surface area (Å²) in [5.74, 6) is 0. The molecule has 1 aliphatic rings. The van der Waals surface area contributed by atoms with Crippen molar-refractivity contribution in [1.82, 2.24) is 0 Å². The van der Waals surface area contributed by atoms with Gasteiger partial charge in [-0.2, -0.15) is 0 Å². The first-order chi connectivity index (χ1) is 4.13. The molecule has 5 heteroatoms. The van der Waals surface area contributed by atoms with Gasteiger partial charge in [-0.25, -0.2) is 0 Å². The summed E-state index contributed by atoms with van der Waals surface area (Å²) in [7, 11) is 0. The van der Waals surface area contributed by atoms with Crippen molar-refractivity contribution in [1.29, 1.82) is 0 Å². The van der Waals surface area contributed by atoms with Crippen LogP contribution in [0.5, 0.6) is 0 Å². The molecule has 2 unspecified atom stereocenters. The van der Waals surface area contributed by atoms with Crippen molar-refractivity contribution < 1.29 is 4.74 Å². The molecule has 0 radical (unpaired) electrons. The van der Waals surface area contributed by atoms with Crippen LogP contribution in [0.2, 0.25) is 0 Å². The van der Waals surface area contributed by atoms with Crippen LogP contribution in [0.25, 0.3) is 0 Å². The summed E-state index contributed by atoms with van der Waals surface area (Å²) in [6, 6.07) is 0. The van der Waals surface area contributed by atoms with Crippen molar-refractivity contribution in [2.45, 2.75) is 12.5 Å². The Morgan fingerprint density at radius 3 is 1.44 bits per heavy atom. The molecule has 2 atom stereocenters. The molecule has 0 saturated carbocycles. The molecule has 0 spiro atoms. The molecule has 8 N–H and O–H groups in total. The minimum absolute atomic E-state index is 0.336. The van der Waals surface area contributed by atoms with Crippen molar-refractivity contribution in [3.63, 3.8) is 0 Å². The highest BCUT2D eigenvalue weighted by Crippen LogP contribution is 2.11. The molecule has 0 aromatic heterocycles. The molecule has 5 nitrogen and oxygen atoms in total. The van der Waals surface area contributed by atoms with E-state index < -0.39 is 12.5 Å². The normalized spacial score (nSPS) is 35.8. The van der Waals surface area contributed by atoms with Gasteiger partial charge >= 0.3 is 0 Å². The van der Waals surface area contributed by atoms with E-state index in [9.17, 15) is 0 Å². The molecule has 0 aromatic rings. The van der Waals surface area contributed by atoms with Gasteiger partial charge in [0.25, 0.3) is 0 Å². The lowest BCUT2D eigenvalue weighted by Crippen LogP contribution is -2.30. The summed E-state index contributed by atoms with van der Waals surface area (Å²) < 4.78 is 4.82. The lowest BCUT2D eigenvalue weighted by atomic mass is 10.3. The number of hydrogen-bond acceptors (Lipinski definition) is 5. The van der Waals surface area contributed by atoms with E-state index in [2.05, 4.69) is 0 Å². The van der Waals surface area contributed by atoms with E-state index >= 15 is 0 Å². The SMILES string of the molecule is NC1=C(N)C(N)OC1N. The van der Waals surface area contributed by atoms with Gasteiger partial charge < -0.3 is 27.7 Å². The predicted octanol–water partition coefficient (Wildman–Crippen LogP) is -2.28. The molecule has 0 aliphatic carbocycles. The summed E-state index contributed by atoms with van der Waals surface area (Å²) in [4.78, 5) is 0. The highest BCUT2D eigenvalue weighted by Gasteiger charge is 2.25. The maximum absolute atomic E-state index is 5.34. The van der Waals surface area contributed by atoms with Crippen molar-refractivity contribution in [3.8, 4) is 0 Å². The Kier molecular flexibility index (Phi) is 1.32. The van der Waals surface area contributed by atoms with Gasteiger partial charge in [0, 0.05) is 0 Å². The summed E-state index contributed by atoms with van der Waals surface area (Å²) in [5, 5.41) is 0. The van der Waals surface area contributed by atoms with E-state index in [1.807, 2.05) is 0 Å². The first-order valence-corrected chi connectivity index (χ1v) is 2.54. The second-order valence-corrected chi connectivity index (χ2v) is 1.89. The number of hydrogen-bond donors (Lipinski definition) is 4. The van der Waals surface area contributed by atoms with E-state index in [0.29, 0.717) is 11.4 Å². The quantitative estimate of drug-likeness (QED) is 0.295. The second-order valence-electron chi connectivity index (χ2n) is 1.89. The zero-order valence-electron chi connectivity index (χ0n) is 4.87. The predicted molar refractivity (Wildman–Crippen MR) is 32.4 cm³/mol. The van der Waals surface area contributed by atoms with Crippen LogP contribution in [0, 0.1) is 0 Å². The zero-order valence-corrected chi connectivity index (χ0v) is 4.87. The minimum atomic E-state index is -0.625. The fourth-order valence-electron chi connectivity index (χ4n) is 0.633. The van der Waals surface area contributed by atoms with Crippen molar-refractivity contribution in [3.05, 3.63) is 11.4 Å². The van der Waals surface area contributed by atoms with Gasteiger partial charge in [-0.1, -0.05) is 0 Å². The summed E-state index contributed by atoms with van der Waals surface area (Å²) in [5.41, 5.74) is 21.9. The summed E-state index contributed by atoms with van der Waals surface area (Å²) >= 11 is 0. The van der Waals surface area contributed by atoms with E-state index in [0.717, 1.165) is 0 Å². The van der Waals surface area contributed by atoms with Gasteiger partial charge in [0.05, 0.1) is 11.4 Å². The first kappa shape index (κ1) is 6.34. The molecule has 0 bridgehead atoms. The molecular formula is C4H10N4O. The third-order valence-corrected chi connectivity index (χ3v) is 1.24. The Balaban J connectivity index is 2.79. The van der Waals surface area contributed by atoms with Crippen LogP contribution < -0.4 is 22.9 Å². The number of rotatable bonds is 0. The van der Waals surface area contributed by atoms with E-state index in [1.165, 1.54) is 0 Å². The highest BCUT2D eigenvalue weighted by molar-refractivity contribution is 5.18. The van der Waals surface area contributed by atoms with Crippen LogP contribution >= 0.6 is 0 Å². The lowest BCUT2D eigenvalue weighted by Gasteiger charge is -2.04. The second kappa shape index (κ2) is 1.87. The van der Waals surface area contributed by atoms with Crippen LogP contribution in [0.1, 0.15) is 0 Å². The topological polar surface area (TPSA) is 113 Å². The molecular weight excluding hydrogens is 120 g/mol. The van der Waals surface area contributed by atoms with E-state index in [-0.39, 0.29) is 0 Å². The van der Waals surface area contributed by atoms with Crippen LogP contribution in [-0.2, 0) is 4.74 Å². The summed E-state index contributed by atoms with van der Waals surface area (Å²) in [6.07, 6.45) is -1.25. The van der Waals surface area contributed by atoms with Gasteiger partial charge in [0.15, 0.2) is 12.5 Å². The van der Waals surface area contributed by atoms with Crippen LogP contribution in [0.4, 0.5) is 0 Å². The largest absolute Gasteiger partial charge is 0.397 e. The van der Waals surface area contributed by atoms with Gasteiger partial charge in [-0.05, 0) is 0 Å². The van der Waals surface area contributed by atoms with Gasteiger partial charge in [0.1, 0.15) is 0 Å². The Morgan fingerprint density at radius 1 is 1.00 bits per heavy atom. The Hall–Kier alpha value is -0.780. The van der Waals surface area contributed by atoms with Gasteiger partial charge in [-0.15, -0.1) is 0 Å². The van der Waals surface area contributed by atoms with Crippen molar-refractivity contribution >= 4 is 0 Å². The van der Waals surface area contributed by atoms with Crippen LogP contribution in [-0.4, -0.2) is 12.5 Å². The standard InChI is InChI=1S/C4H10N4O/c5-1-2(6)4(8)9-3(1)7/h3-4H,5-8H2. The summed E-state index contributed by atoms with van der Waals surface area (Å²) in [6.45, 7) is 0. The first-order valence-electron chi connectivity index (χ1n) is 2.54. The fourth-order valence-corrected chi connectivity index (χ4v) is 0.633. The third kappa shape index (κ3) is 0.849. The molecule has 52 valence electrons. The molecule has 1 aliphatic heterocycles. The van der Waals surface area contributed by atoms with Crippen molar-refractivity contribution in [2.75, 3.05) is 0 Å². The molecule has 0 saturated heterocycles. The maximum atomic E-state index is 5.34. The maximum Gasteiger partial charge on any atom is 0.150 e. The van der Waals surface area contributed by atoms with E-state index in [4.69, 9.17) is 27.7 Å². The monoisotopic (exact) mass is 130 g/mol. The average Bonchev–Trinajstić information content (AvgIpc) is 1.98. The lowest BCUT2D eigenvalue weighted by molar-refractivity contribution is 0.0596. The molecule has 9 heavy (non-hydrogen) atoms. The van der Waals surface area contributed by atoms with E-state index in [1.54, 1.807) is 0 Å². The zero-order chi connectivity index (χ0) is 7.02. The third-order valence-electron chi connectivity index (χ3n) is 1.24.